The average molecular weight is 465 g/mol. The summed E-state index contributed by atoms with van der Waals surface area (Å²) in [5, 5.41) is 14.9. The lowest BCUT2D eigenvalue weighted by molar-refractivity contribution is -0.141. The fourth-order valence-electron chi connectivity index (χ4n) is 5.12. The highest BCUT2D eigenvalue weighted by Gasteiger charge is 2.33. The number of benzene rings is 2. The lowest BCUT2D eigenvalue weighted by atomic mass is 9.94. The van der Waals surface area contributed by atoms with Crippen molar-refractivity contribution >= 4 is 18.0 Å². The number of carbonyl (C=O) groups is 3. The molecule has 0 aliphatic heterocycles. The van der Waals surface area contributed by atoms with Crippen LogP contribution in [0.1, 0.15) is 50.2 Å². The normalized spacial score (nSPS) is 19.9. The maximum atomic E-state index is 12.8. The number of rotatable bonds is 8. The van der Waals surface area contributed by atoms with E-state index in [1.807, 2.05) is 38.1 Å². The van der Waals surface area contributed by atoms with Crippen molar-refractivity contribution in [1.29, 1.82) is 0 Å². The number of carboxylic acids is 1. The second kappa shape index (κ2) is 10.3. The van der Waals surface area contributed by atoms with E-state index in [1.165, 1.54) is 11.1 Å². The highest BCUT2D eigenvalue weighted by molar-refractivity contribution is 5.81. The van der Waals surface area contributed by atoms with Crippen LogP contribution in [0.15, 0.2) is 48.5 Å². The van der Waals surface area contributed by atoms with Crippen LogP contribution >= 0.6 is 0 Å². The molecule has 2 aliphatic carbocycles. The molecule has 180 valence electrons. The Morgan fingerprint density at radius 3 is 2.18 bits per heavy atom. The summed E-state index contributed by atoms with van der Waals surface area (Å²) in [6.07, 6.45) is 1.14. The molecule has 2 aromatic carbocycles. The van der Waals surface area contributed by atoms with E-state index in [1.54, 1.807) is 0 Å². The zero-order chi connectivity index (χ0) is 24.2. The van der Waals surface area contributed by atoms with Crippen LogP contribution in [0.2, 0.25) is 0 Å². The molecule has 1 saturated carbocycles. The third-order valence-corrected chi connectivity index (χ3v) is 7.08. The summed E-state index contributed by atoms with van der Waals surface area (Å²) in [7, 11) is 0. The monoisotopic (exact) mass is 464 g/mol. The molecular weight excluding hydrogens is 432 g/mol. The van der Waals surface area contributed by atoms with Crippen LogP contribution in [0.4, 0.5) is 4.79 Å². The van der Waals surface area contributed by atoms with Crippen molar-refractivity contribution in [3.8, 4) is 11.1 Å². The fourth-order valence-corrected chi connectivity index (χ4v) is 5.12. The van der Waals surface area contributed by atoms with Gasteiger partial charge in [0, 0.05) is 18.5 Å². The van der Waals surface area contributed by atoms with Gasteiger partial charge in [-0.15, -0.1) is 0 Å². The lowest BCUT2D eigenvalue weighted by Gasteiger charge is -2.23. The van der Waals surface area contributed by atoms with E-state index in [4.69, 9.17) is 4.74 Å². The number of hydrogen-bond donors (Lipinski definition) is 3. The second-order valence-electron chi connectivity index (χ2n) is 9.61. The van der Waals surface area contributed by atoms with Crippen molar-refractivity contribution in [3.63, 3.8) is 0 Å². The highest BCUT2D eigenvalue weighted by Crippen LogP contribution is 2.44. The molecule has 7 nitrogen and oxygen atoms in total. The number of carboxylic acid groups (broad SMARTS) is 1. The topological polar surface area (TPSA) is 105 Å². The van der Waals surface area contributed by atoms with Gasteiger partial charge in [-0.05, 0) is 47.4 Å². The lowest BCUT2D eigenvalue weighted by Crippen LogP contribution is -2.44. The van der Waals surface area contributed by atoms with Gasteiger partial charge in [-0.2, -0.15) is 0 Å². The van der Waals surface area contributed by atoms with Crippen molar-refractivity contribution in [2.75, 3.05) is 13.2 Å². The maximum absolute atomic E-state index is 12.8. The van der Waals surface area contributed by atoms with Crippen LogP contribution in [0.5, 0.6) is 0 Å². The third kappa shape index (κ3) is 5.08. The fraction of sp³-hybridized carbons (Fsp3) is 0.444. The molecule has 0 bridgehead atoms. The number of alkyl carbamates (subject to hydrolysis) is 1. The summed E-state index contributed by atoms with van der Waals surface area (Å²) < 4.78 is 5.58. The Balaban J connectivity index is 1.30. The van der Waals surface area contributed by atoms with Crippen LogP contribution in [-0.2, 0) is 14.3 Å². The molecule has 0 saturated heterocycles. The molecule has 0 spiro atoms. The third-order valence-electron chi connectivity index (χ3n) is 7.08. The molecule has 1 fully saturated rings. The predicted molar refractivity (Wildman–Crippen MR) is 128 cm³/mol. The summed E-state index contributed by atoms with van der Waals surface area (Å²) in [5.74, 6) is -1.82. The molecule has 2 aliphatic rings. The van der Waals surface area contributed by atoms with Gasteiger partial charge in [-0.3, -0.25) is 9.59 Å². The van der Waals surface area contributed by atoms with Crippen LogP contribution in [0.3, 0.4) is 0 Å². The van der Waals surface area contributed by atoms with E-state index in [0.717, 1.165) is 11.1 Å². The Labute approximate surface area is 199 Å². The van der Waals surface area contributed by atoms with E-state index < -0.39 is 23.9 Å². The van der Waals surface area contributed by atoms with Crippen LogP contribution in [0, 0.1) is 17.8 Å². The minimum absolute atomic E-state index is 0.00515. The summed E-state index contributed by atoms with van der Waals surface area (Å²) >= 11 is 0. The van der Waals surface area contributed by atoms with Gasteiger partial charge in [0.05, 0.1) is 11.8 Å². The second-order valence-corrected chi connectivity index (χ2v) is 9.61. The first-order valence-electron chi connectivity index (χ1n) is 12.0. The van der Waals surface area contributed by atoms with Crippen molar-refractivity contribution in [1.82, 2.24) is 10.6 Å². The van der Waals surface area contributed by atoms with Gasteiger partial charge >= 0.3 is 12.1 Å². The Bertz CT molecular complexity index is 1020. The Morgan fingerprint density at radius 1 is 1.00 bits per heavy atom. The van der Waals surface area contributed by atoms with Gasteiger partial charge in [-0.1, -0.05) is 62.4 Å². The number of hydrogen-bond acceptors (Lipinski definition) is 4. The molecule has 3 N–H and O–H groups in total. The average Bonchev–Trinajstić information content (AvgIpc) is 3.40. The number of aliphatic carboxylic acids is 1. The van der Waals surface area contributed by atoms with Crippen LogP contribution in [-0.4, -0.2) is 42.3 Å². The van der Waals surface area contributed by atoms with Crippen molar-refractivity contribution in [3.05, 3.63) is 59.7 Å². The van der Waals surface area contributed by atoms with Crippen LogP contribution in [0.25, 0.3) is 11.1 Å². The highest BCUT2D eigenvalue weighted by atomic mass is 16.5. The molecule has 2 aromatic rings. The van der Waals surface area contributed by atoms with Crippen molar-refractivity contribution < 1.29 is 24.2 Å². The van der Waals surface area contributed by atoms with E-state index in [-0.39, 0.29) is 36.9 Å². The minimum Gasteiger partial charge on any atom is -0.481 e. The van der Waals surface area contributed by atoms with Gasteiger partial charge in [0.25, 0.3) is 0 Å². The van der Waals surface area contributed by atoms with E-state index >= 15 is 0 Å². The Hall–Kier alpha value is -3.35. The van der Waals surface area contributed by atoms with Gasteiger partial charge in [0.2, 0.25) is 5.91 Å². The van der Waals surface area contributed by atoms with Crippen molar-refractivity contribution in [2.45, 2.75) is 45.1 Å². The summed E-state index contributed by atoms with van der Waals surface area (Å²) in [4.78, 5) is 36.5. The number of carbonyl (C=O) groups excluding carboxylic acids is 2. The Kier molecular flexibility index (Phi) is 7.20. The number of fused-ring (bicyclic) bond motifs is 3. The maximum Gasteiger partial charge on any atom is 0.407 e. The largest absolute Gasteiger partial charge is 0.481 e. The van der Waals surface area contributed by atoms with Gasteiger partial charge in [0.15, 0.2) is 0 Å². The quantitative estimate of drug-likeness (QED) is 0.544. The van der Waals surface area contributed by atoms with E-state index in [0.29, 0.717) is 19.3 Å². The molecular formula is C27H32N2O5. The Morgan fingerprint density at radius 2 is 1.62 bits per heavy atom. The zero-order valence-electron chi connectivity index (χ0n) is 19.6. The van der Waals surface area contributed by atoms with E-state index in [9.17, 15) is 19.5 Å². The number of amides is 2. The molecule has 34 heavy (non-hydrogen) atoms. The smallest absolute Gasteiger partial charge is 0.407 e. The molecule has 0 heterocycles. The summed E-state index contributed by atoms with van der Waals surface area (Å²) in [5.41, 5.74) is 4.63. The van der Waals surface area contributed by atoms with Crippen LogP contribution < -0.4 is 10.6 Å². The first-order valence-corrected chi connectivity index (χ1v) is 12.0. The molecule has 0 aromatic heterocycles. The SMILES string of the molecule is CC(C)C(CNC(=O)OCC1c2ccccc2-c2ccccc21)C(=O)N[C@H]1CC[C@@H](C(=O)O)C1. The van der Waals surface area contributed by atoms with Gasteiger partial charge < -0.3 is 20.5 Å². The first-order chi connectivity index (χ1) is 16.3. The molecule has 4 rings (SSSR count). The minimum atomic E-state index is -0.811. The zero-order valence-corrected chi connectivity index (χ0v) is 19.6. The molecule has 1 unspecified atom stereocenters. The number of nitrogens with one attached hydrogen (secondary N) is 2. The number of ether oxygens (including phenoxy) is 1. The first kappa shape index (κ1) is 23.8. The van der Waals surface area contributed by atoms with E-state index in [2.05, 4.69) is 34.9 Å². The van der Waals surface area contributed by atoms with Gasteiger partial charge in [0.1, 0.15) is 6.61 Å². The molecule has 3 atom stereocenters. The van der Waals surface area contributed by atoms with Crippen molar-refractivity contribution in [2.24, 2.45) is 17.8 Å². The summed E-state index contributed by atoms with van der Waals surface area (Å²) in [6.45, 7) is 4.24. The molecule has 0 radical (unpaired) electrons. The molecule has 2 amide bonds. The molecule has 7 heteroatoms. The predicted octanol–water partition coefficient (Wildman–Crippen LogP) is 4.17. The standard InChI is InChI=1S/C27H32N2O5/c1-16(2)23(25(30)29-18-12-11-17(13-18)26(31)32)14-28-27(33)34-15-24-21-9-5-3-7-19(21)20-8-4-6-10-22(20)24/h3-10,16-18,23-24H,11-15H2,1-2H3,(H,28,33)(H,29,30)(H,31,32)/t17-,18+,23?/m1/s1. The van der Waals surface area contributed by atoms with Gasteiger partial charge in [-0.25, -0.2) is 4.79 Å². The summed E-state index contributed by atoms with van der Waals surface area (Å²) in [6, 6.07) is 16.2.